The van der Waals surface area contributed by atoms with Crippen LogP contribution >= 0.6 is 0 Å². The zero-order chi connectivity index (χ0) is 21.7. The maximum Gasteiger partial charge on any atom is 0.165 e. The van der Waals surface area contributed by atoms with Crippen LogP contribution in [-0.4, -0.2) is 49.7 Å². The number of H-pyrrole nitrogens is 1. The van der Waals surface area contributed by atoms with Crippen molar-refractivity contribution in [3.05, 3.63) is 61.3 Å². The average Bonchev–Trinajstić information content (AvgIpc) is 3.59. The van der Waals surface area contributed by atoms with Crippen LogP contribution in [0.4, 0.5) is 11.5 Å². The highest BCUT2D eigenvalue weighted by molar-refractivity contribution is 5.78. The number of nitrogens with one attached hydrogen (secondary N) is 1. The minimum Gasteiger partial charge on any atom is -0.311 e. The molecule has 1 aliphatic rings. The summed E-state index contributed by atoms with van der Waals surface area (Å²) in [5, 5.41) is 20.2. The molecule has 158 valence electrons. The van der Waals surface area contributed by atoms with Gasteiger partial charge in [0, 0.05) is 19.4 Å². The summed E-state index contributed by atoms with van der Waals surface area (Å²) in [7, 11) is 1.90. The van der Waals surface area contributed by atoms with Crippen molar-refractivity contribution in [1.29, 1.82) is 0 Å². The summed E-state index contributed by atoms with van der Waals surface area (Å²) in [6.07, 6.45) is 11.6. The first-order valence-electron chi connectivity index (χ1n) is 10.2. The Morgan fingerprint density at radius 1 is 1.12 bits per heavy atom. The van der Waals surface area contributed by atoms with Crippen molar-refractivity contribution in [3.8, 4) is 28.5 Å². The van der Waals surface area contributed by atoms with E-state index in [1.54, 1.807) is 29.6 Å². The lowest BCUT2D eigenvalue weighted by molar-refractivity contribution is 0.589. The number of nitrogens with zero attached hydrogens (tertiary/aromatic N) is 10. The van der Waals surface area contributed by atoms with Gasteiger partial charge in [-0.1, -0.05) is 13.0 Å². The molecule has 1 N–H and O–H groups in total. The normalized spacial score (nSPS) is 14.9. The summed E-state index contributed by atoms with van der Waals surface area (Å²) < 4.78 is 3.73. The molecule has 0 spiro atoms. The molecule has 0 aliphatic carbocycles. The molecular formula is C21H19N11. The van der Waals surface area contributed by atoms with Crippen LogP contribution in [0, 0.1) is 0 Å². The molecule has 32 heavy (non-hydrogen) atoms. The van der Waals surface area contributed by atoms with Crippen LogP contribution < -0.4 is 4.90 Å². The molecule has 6 rings (SSSR count). The lowest BCUT2D eigenvalue weighted by Crippen LogP contribution is -2.32. The Balaban J connectivity index is 1.55. The predicted molar refractivity (Wildman–Crippen MR) is 116 cm³/mol. The molecule has 0 saturated carbocycles. The maximum absolute atomic E-state index is 5.00. The molecule has 0 aromatic carbocycles. The van der Waals surface area contributed by atoms with E-state index >= 15 is 0 Å². The van der Waals surface area contributed by atoms with Gasteiger partial charge in [0.25, 0.3) is 0 Å². The summed E-state index contributed by atoms with van der Waals surface area (Å²) in [6, 6.07) is 5.69. The van der Waals surface area contributed by atoms with E-state index in [1.165, 1.54) is 0 Å². The summed E-state index contributed by atoms with van der Waals surface area (Å²) >= 11 is 0. The number of aromatic amines is 1. The van der Waals surface area contributed by atoms with E-state index in [0.29, 0.717) is 5.82 Å². The zero-order valence-electron chi connectivity index (χ0n) is 17.5. The van der Waals surface area contributed by atoms with E-state index in [-0.39, 0.29) is 6.04 Å². The SMILES string of the molecule is CCC1c2nncn2-c2cnc(-c3cn[nH]c3-c3ccccn3)nc2N1c1cnn(C)c1. The fourth-order valence-electron chi connectivity index (χ4n) is 4.12. The van der Waals surface area contributed by atoms with E-state index < -0.39 is 0 Å². The van der Waals surface area contributed by atoms with Crippen LogP contribution in [0.3, 0.4) is 0 Å². The highest BCUT2D eigenvalue weighted by Crippen LogP contribution is 2.43. The van der Waals surface area contributed by atoms with Gasteiger partial charge in [0.15, 0.2) is 17.5 Å². The van der Waals surface area contributed by atoms with Crippen LogP contribution in [0.5, 0.6) is 0 Å². The first kappa shape index (κ1) is 18.4. The second-order valence-corrected chi connectivity index (χ2v) is 7.50. The fourth-order valence-corrected chi connectivity index (χ4v) is 4.12. The van der Waals surface area contributed by atoms with E-state index in [1.807, 2.05) is 42.2 Å². The summed E-state index contributed by atoms with van der Waals surface area (Å²) in [4.78, 5) is 16.3. The Bertz CT molecular complexity index is 1400. The predicted octanol–water partition coefficient (Wildman–Crippen LogP) is 2.85. The Morgan fingerprint density at radius 3 is 2.84 bits per heavy atom. The number of anilines is 2. The van der Waals surface area contributed by atoms with Crippen molar-refractivity contribution in [2.75, 3.05) is 4.90 Å². The standard InChI is InChI=1S/C21H19N11/c1-3-16-21-29-25-12-31(21)17-10-23-19(27-20(17)32(16)13-8-26-30(2)11-13)14-9-24-28-18(14)15-6-4-5-7-22-15/h4-12,16H,3H2,1-2H3,(H,24,28). The molecule has 11 nitrogen and oxygen atoms in total. The molecule has 1 aliphatic heterocycles. The number of rotatable bonds is 4. The smallest absolute Gasteiger partial charge is 0.165 e. The molecule has 0 amide bonds. The second-order valence-electron chi connectivity index (χ2n) is 7.50. The van der Waals surface area contributed by atoms with Gasteiger partial charge in [0.2, 0.25) is 0 Å². The minimum absolute atomic E-state index is 0.0449. The molecule has 0 fully saturated rings. The number of fused-ring (bicyclic) bond motifs is 3. The molecule has 11 heteroatoms. The summed E-state index contributed by atoms with van der Waals surface area (Å²) in [6.45, 7) is 2.12. The lowest BCUT2D eigenvalue weighted by Gasteiger charge is -2.35. The highest BCUT2D eigenvalue weighted by Gasteiger charge is 2.35. The number of hydrogen-bond donors (Lipinski definition) is 1. The first-order chi connectivity index (χ1) is 15.7. The van der Waals surface area contributed by atoms with E-state index in [2.05, 4.69) is 47.3 Å². The van der Waals surface area contributed by atoms with Gasteiger partial charge in [0.1, 0.15) is 12.0 Å². The van der Waals surface area contributed by atoms with Crippen molar-refractivity contribution < 1.29 is 0 Å². The van der Waals surface area contributed by atoms with Gasteiger partial charge in [-0.15, -0.1) is 10.2 Å². The first-order valence-corrected chi connectivity index (χ1v) is 10.2. The summed E-state index contributed by atoms with van der Waals surface area (Å²) in [5.41, 5.74) is 4.06. The average molecular weight is 425 g/mol. The van der Waals surface area contributed by atoms with Gasteiger partial charge < -0.3 is 4.90 Å². The van der Waals surface area contributed by atoms with Crippen molar-refractivity contribution in [3.63, 3.8) is 0 Å². The molecule has 1 atom stereocenters. The maximum atomic E-state index is 5.00. The van der Waals surface area contributed by atoms with E-state index in [0.717, 1.165) is 46.4 Å². The molecular weight excluding hydrogens is 406 g/mol. The topological polar surface area (TPSA) is 119 Å². The van der Waals surface area contributed by atoms with Gasteiger partial charge in [-0.2, -0.15) is 10.2 Å². The lowest BCUT2D eigenvalue weighted by atomic mass is 10.1. The third-order valence-electron chi connectivity index (χ3n) is 5.58. The molecule has 1 unspecified atom stereocenters. The van der Waals surface area contributed by atoms with Crippen LogP contribution in [0.25, 0.3) is 28.5 Å². The van der Waals surface area contributed by atoms with Crippen molar-refractivity contribution >= 4 is 11.5 Å². The Hall–Kier alpha value is -4.41. The van der Waals surface area contributed by atoms with Crippen molar-refractivity contribution in [1.82, 2.24) is 49.7 Å². The monoisotopic (exact) mass is 425 g/mol. The Morgan fingerprint density at radius 2 is 2.06 bits per heavy atom. The zero-order valence-corrected chi connectivity index (χ0v) is 17.5. The quantitative estimate of drug-likeness (QED) is 0.467. The van der Waals surface area contributed by atoms with E-state index in [9.17, 15) is 0 Å². The van der Waals surface area contributed by atoms with Crippen molar-refractivity contribution in [2.45, 2.75) is 19.4 Å². The van der Waals surface area contributed by atoms with Crippen LogP contribution in [0.1, 0.15) is 25.2 Å². The molecule has 6 heterocycles. The van der Waals surface area contributed by atoms with E-state index in [4.69, 9.17) is 4.98 Å². The van der Waals surface area contributed by atoms with Crippen LogP contribution in [0.15, 0.2) is 55.5 Å². The third-order valence-corrected chi connectivity index (χ3v) is 5.58. The number of hydrogen-bond acceptors (Lipinski definition) is 8. The van der Waals surface area contributed by atoms with Gasteiger partial charge in [-0.05, 0) is 18.6 Å². The molecule has 5 aromatic heterocycles. The number of pyridine rings is 1. The Labute approximate surface area is 182 Å². The molecule has 0 saturated heterocycles. The minimum atomic E-state index is -0.0449. The second kappa shape index (κ2) is 7.08. The molecule has 5 aromatic rings. The number of aryl methyl sites for hydroxylation is 1. The molecule has 0 bridgehead atoms. The van der Waals surface area contributed by atoms with Gasteiger partial charge >= 0.3 is 0 Å². The Kier molecular flexibility index (Phi) is 4.06. The van der Waals surface area contributed by atoms with Gasteiger partial charge in [-0.3, -0.25) is 19.3 Å². The number of aromatic nitrogens is 10. The van der Waals surface area contributed by atoms with Gasteiger partial charge in [0.05, 0.1) is 47.3 Å². The fraction of sp³-hybridized carbons (Fsp3) is 0.190. The summed E-state index contributed by atoms with van der Waals surface area (Å²) in [5.74, 6) is 2.16. The largest absolute Gasteiger partial charge is 0.311 e. The van der Waals surface area contributed by atoms with Crippen molar-refractivity contribution in [2.24, 2.45) is 7.05 Å². The van der Waals surface area contributed by atoms with Crippen LogP contribution in [-0.2, 0) is 7.05 Å². The third kappa shape index (κ3) is 2.71. The highest BCUT2D eigenvalue weighted by atomic mass is 15.4. The van der Waals surface area contributed by atoms with Gasteiger partial charge in [-0.25, -0.2) is 9.97 Å². The van der Waals surface area contributed by atoms with Crippen LogP contribution in [0.2, 0.25) is 0 Å². The molecule has 0 radical (unpaired) electrons.